The molecular formula is C9H13NO3. The maximum Gasteiger partial charge on any atom is 0.147 e. The molecule has 0 spiro atoms. The lowest BCUT2D eigenvalue weighted by Crippen LogP contribution is -2.06. The zero-order chi connectivity index (χ0) is 9.68. The highest BCUT2D eigenvalue weighted by molar-refractivity contribution is 5.56. The van der Waals surface area contributed by atoms with Gasteiger partial charge in [-0.1, -0.05) is 12.1 Å². The Hall–Kier alpha value is -1.26. The van der Waals surface area contributed by atoms with Gasteiger partial charge in [0.15, 0.2) is 0 Å². The van der Waals surface area contributed by atoms with Crippen molar-refractivity contribution in [1.82, 2.24) is 0 Å². The number of nitrogens with two attached hydrogens (primary N) is 1. The smallest absolute Gasteiger partial charge is 0.147 e. The van der Waals surface area contributed by atoms with Crippen molar-refractivity contribution < 1.29 is 14.9 Å². The van der Waals surface area contributed by atoms with E-state index in [1.807, 2.05) is 0 Å². The van der Waals surface area contributed by atoms with Crippen LogP contribution in [0, 0.1) is 0 Å². The van der Waals surface area contributed by atoms with Crippen LogP contribution in [0.1, 0.15) is 5.56 Å². The van der Waals surface area contributed by atoms with Crippen molar-refractivity contribution in [3.63, 3.8) is 0 Å². The van der Waals surface area contributed by atoms with E-state index in [1.165, 1.54) is 0 Å². The molecule has 72 valence electrons. The van der Waals surface area contributed by atoms with Crippen molar-refractivity contribution in [2.75, 3.05) is 18.9 Å². The minimum absolute atomic E-state index is 0.0702. The summed E-state index contributed by atoms with van der Waals surface area (Å²) in [6.07, 6.45) is 0. The third-order valence-corrected chi connectivity index (χ3v) is 1.64. The lowest BCUT2D eigenvalue weighted by atomic mass is 10.2. The molecule has 1 rings (SSSR count). The highest BCUT2D eigenvalue weighted by atomic mass is 16.5. The van der Waals surface area contributed by atoms with E-state index in [1.54, 1.807) is 18.2 Å². The summed E-state index contributed by atoms with van der Waals surface area (Å²) in [4.78, 5) is 0. The molecule has 1 aromatic rings. The minimum Gasteiger partial charge on any atom is -0.489 e. The number of benzene rings is 1. The molecule has 0 unspecified atom stereocenters. The van der Waals surface area contributed by atoms with E-state index in [0.29, 0.717) is 17.0 Å². The zero-order valence-electron chi connectivity index (χ0n) is 7.23. The molecule has 0 aliphatic heterocycles. The van der Waals surface area contributed by atoms with Crippen molar-refractivity contribution in [2.45, 2.75) is 6.61 Å². The Labute approximate surface area is 76.6 Å². The second-order valence-electron chi connectivity index (χ2n) is 2.57. The van der Waals surface area contributed by atoms with Crippen molar-refractivity contribution in [3.05, 3.63) is 23.8 Å². The minimum atomic E-state index is -0.119. The predicted octanol–water partition coefficient (Wildman–Crippen LogP) is 0.132. The van der Waals surface area contributed by atoms with Crippen molar-refractivity contribution in [2.24, 2.45) is 0 Å². The number of para-hydroxylation sites is 1. The summed E-state index contributed by atoms with van der Waals surface area (Å²) in [7, 11) is 0. The molecule has 0 saturated carbocycles. The molecule has 0 aliphatic rings. The fourth-order valence-corrected chi connectivity index (χ4v) is 1.05. The van der Waals surface area contributed by atoms with E-state index in [-0.39, 0.29) is 19.8 Å². The average Bonchev–Trinajstić information content (AvgIpc) is 2.15. The molecule has 4 N–H and O–H groups in total. The molecular weight excluding hydrogens is 170 g/mol. The number of aliphatic hydroxyl groups is 2. The molecule has 13 heavy (non-hydrogen) atoms. The van der Waals surface area contributed by atoms with Gasteiger partial charge in [-0.05, 0) is 6.07 Å². The highest BCUT2D eigenvalue weighted by Crippen LogP contribution is 2.25. The molecule has 0 bridgehead atoms. The van der Waals surface area contributed by atoms with Crippen LogP contribution in [0.2, 0.25) is 0 Å². The van der Waals surface area contributed by atoms with Crippen LogP contribution >= 0.6 is 0 Å². The summed E-state index contributed by atoms with van der Waals surface area (Å²) in [6.45, 7) is -0.00772. The van der Waals surface area contributed by atoms with Gasteiger partial charge in [0.2, 0.25) is 0 Å². The first kappa shape index (κ1) is 9.83. The van der Waals surface area contributed by atoms with E-state index in [2.05, 4.69) is 0 Å². The largest absolute Gasteiger partial charge is 0.489 e. The standard InChI is InChI=1S/C9H13NO3/c10-8-3-1-2-7(6-12)9(8)13-5-4-11/h1-3,11-12H,4-6,10H2. The first-order valence-corrected chi connectivity index (χ1v) is 4.01. The Morgan fingerprint density at radius 2 is 2.08 bits per heavy atom. The van der Waals surface area contributed by atoms with Gasteiger partial charge in [0, 0.05) is 5.56 Å². The summed E-state index contributed by atoms with van der Waals surface area (Å²) >= 11 is 0. The third-order valence-electron chi connectivity index (χ3n) is 1.64. The van der Waals surface area contributed by atoms with Crippen LogP contribution in [0.3, 0.4) is 0 Å². The monoisotopic (exact) mass is 183 g/mol. The third kappa shape index (κ3) is 2.34. The molecule has 0 fully saturated rings. The number of hydrogen-bond acceptors (Lipinski definition) is 4. The molecule has 0 heterocycles. The van der Waals surface area contributed by atoms with Crippen molar-refractivity contribution >= 4 is 5.69 Å². The Bertz CT molecular complexity index is 276. The summed E-state index contributed by atoms with van der Waals surface area (Å²) in [5, 5.41) is 17.5. The fraction of sp³-hybridized carbons (Fsp3) is 0.333. The van der Waals surface area contributed by atoms with E-state index >= 15 is 0 Å². The Morgan fingerprint density at radius 3 is 2.69 bits per heavy atom. The van der Waals surface area contributed by atoms with Crippen LogP contribution in [0.15, 0.2) is 18.2 Å². The fourth-order valence-electron chi connectivity index (χ4n) is 1.05. The molecule has 0 aromatic heterocycles. The Kier molecular flexibility index (Phi) is 3.54. The Balaban J connectivity index is 2.87. The number of ether oxygens (including phenoxy) is 1. The van der Waals surface area contributed by atoms with Gasteiger partial charge in [-0.3, -0.25) is 0 Å². The second-order valence-corrected chi connectivity index (χ2v) is 2.57. The Morgan fingerprint density at radius 1 is 1.31 bits per heavy atom. The number of anilines is 1. The van der Waals surface area contributed by atoms with Crippen LogP contribution in [-0.4, -0.2) is 23.4 Å². The molecule has 1 aromatic carbocycles. The second kappa shape index (κ2) is 4.69. The average molecular weight is 183 g/mol. The normalized spacial score (nSPS) is 10.0. The number of aliphatic hydroxyl groups excluding tert-OH is 2. The summed E-state index contributed by atoms with van der Waals surface area (Å²) in [5.41, 5.74) is 6.73. The maximum atomic E-state index is 8.94. The van der Waals surface area contributed by atoms with E-state index in [0.717, 1.165) is 0 Å². The summed E-state index contributed by atoms with van der Waals surface area (Å²) in [5.74, 6) is 0.457. The van der Waals surface area contributed by atoms with Crippen LogP contribution in [0.5, 0.6) is 5.75 Å². The van der Waals surface area contributed by atoms with Gasteiger partial charge in [0.1, 0.15) is 12.4 Å². The van der Waals surface area contributed by atoms with Gasteiger partial charge in [-0.25, -0.2) is 0 Å². The predicted molar refractivity (Wildman–Crippen MR) is 49.4 cm³/mol. The number of hydrogen-bond donors (Lipinski definition) is 3. The van der Waals surface area contributed by atoms with E-state index in [9.17, 15) is 0 Å². The topological polar surface area (TPSA) is 75.7 Å². The number of nitrogen functional groups attached to an aromatic ring is 1. The van der Waals surface area contributed by atoms with Crippen molar-refractivity contribution in [3.8, 4) is 5.75 Å². The molecule has 4 heteroatoms. The van der Waals surface area contributed by atoms with Crippen LogP contribution in [-0.2, 0) is 6.61 Å². The van der Waals surface area contributed by atoms with Crippen LogP contribution in [0.4, 0.5) is 5.69 Å². The molecule has 0 amide bonds. The van der Waals surface area contributed by atoms with Gasteiger partial charge in [-0.2, -0.15) is 0 Å². The first-order chi connectivity index (χ1) is 6.29. The van der Waals surface area contributed by atoms with E-state index < -0.39 is 0 Å². The van der Waals surface area contributed by atoms with Gasteiger partial charge >= 0.3 is 0 Å². The van der Waals surface area contributed by atoms with Gasteiger partial charge in [0.25, 0.3) is 0 Å². The lowest BCUT2D eigenvalue weighted by molar-refractivity contribution is 0.196. The van der Waals surface area contributed by atoms with Crippen molar-refractivity contribution in [1.29, 1.82) is 0 Å². The molecule has 0 aliphatic carbocycles. The van der Waals surface area contributed by atoms with Crippen LogP contribution in [0.25, 0.3) is 0 Å². The summed E-state index contributed by atoms with van der Waals surface area (Å²) in [6, 6.07) is 5.15. The van der Waals surface area contributed by atoms with E-state index in [4.69, 9.17) is 20.7 Å². The molecule has 4 nitrogen and oxygen atoms in total. The van der Waals surface area contributed by atoms with Gasteiger partial charge in [-0.15, -0.1) is 0 Å². The first-order valence-electron chi connectivity index (χ1n) is 4.01. The van der Waals surface area contributed by atoms with Crippen LogP contribution < -0.4 is 10.5 Å². The lowest BCUT2D eigenvalue weighted by Gasteiger charge is -2.10. The molecule has 0 saturated heterocycles. The molecule has 0 radical (unpaired) electrons. The molecule has 0 atom stereocenters. The quantitative estimate of drug-likeness (QED) is 0.580. The van der Waals surface area contributed by atoms with Gasteiger partial charge in [0.05, 0.1) is 18.9 Å². The zero-order valence-corrected chi connectivity index (χ0v) is 7.23. The SMILES string of the molecule is Nc1cccc(CO)c1OCCO. The maximum absolute atomic E-state index is 8.94. The highest BCUT2D eigenvalue weighted by Gasteiger charge is 2.05. The summed E-state index contributed by atoms with van der Waals surface area (Å²) < 4.78 is 5.17. The van der Waals surface area contributed by atoms with Gasteiger partial charge < -0.3 is 20.7 Å². The number of rotatable bonds is 4.